The van der Waals surface area contributed by atoms with Crippen molar-refractivity contribution in [3.63, 3.8) is 0 Å². The summed E-state index contributed by atoms with van der Waals surface area (Å²) in [6, 6.07) is 8.82. The van der Waals surface area contributed by atoms with E-state index in [4.69, 9.17) is 4.74 Å². The molecule has 0 spiro atoms. The van der Waals surface area contributed by atoms with Crippen molar-refractivity contribution in [3.8, 4) is 0 Å². The molecule has 2 nitrogen and oxygen atoms in total. The molecule has 1 aliphatic rings. The van der Waals surface area contributed by atoms with Crippen molar-refractivity contribution < 1.29 is 4.74 Å². The zero-order chi connectivity index (χ0) is 12.1. The number of aryl methyl sites for hydroxylation is 1. The van der Waals surface area contributed by atoms with E-state index in [-0.39, 0.29) is 0 Å². The quantitative estimate of drug-likeness (QED) is 0.724. The SMILES string of the molecule is CN(C)CCOCC1CCc2ccccc2C1. The number of hydrogen-bond acceptors (Lipinski definition) is 2. The second-order valence-electron chi connectivity index (χ2n) is 5.26. The van der Waals surface area contributed by atoms with Crippen LogP contribution in [-0.2, 0) is 17.6 Å². The molecule has 0 N–H and O–H groups in total. The lowest BCUT2D eigenvalue weighted by Gasteiger charge is -2.24. The molecule has 0 bridgehead atoms. The molecule has 0 radical (unpaired) electrons. The summed E-state index contributed by atoms with van der Waals surface area (Å²) in [5, 5.41) is 0. The number of nitrogens with zero attached hydrogens (tertiary/aromatic N) is 1. The summed E-state index contributed by atoms with van der Waals surface area (Å²) in [6.45, 7) is 2.79. The van der Waals surface area contributed by atoms with Gasteiger partial charge in [-0.25, -0.2) is 0 Å². The van der Waals surface area contributed by atoms with Crippen LogP contribution in [0.3, 0.4) is 0 Å². The van der Waals surface area contributed by atoms with Crippen LogP contribution < -0.4 is 0 Å². The predicted octanol–water partition coefficient (Wildman–Crippen LogP) is 2.37. The molecule has 0 aromatic heterocycles. The molecule has 0 amide bonds. The first-order valence-corrected chi connectivity index (χ1v) is 6.55. The van der Waals surface area contributed by atoms with Crippen LogP contribution in [0.2, 0.25) is 0 Å². The standard InChI is InChI=1S/C15H23NO/c1-16(2)9-10-17-12-13-7-8-14-5-3-4-6-15(14)11-13/h3-6,13H,7-12H2,1-2H3. The number of rotatable bonds is 5. The van der Waals surface area contributed by atoms with Crippen LogP contribution in [0.4, 0.5) is 0 Å². The summed E-state index contributed by atoms with van der Waals surface area (Å²) < 4.78 is 5.76. The van der Waals surface area contributed by atoms with Crippen molar-refractivity contribution in [2.45, 2.75) is 19.3 Å². The molecule has 1 atom stereocenters. The van der Waals surface area contributed by atoms with E-state index < -0.39 is 0 Å². The van der Waals surface area contributed by atoms with Crippen molar-refractivity contribution in [2.75, 3.05) is 33.9 Å². The van der Waals surface area contributed by atoms with E-state index in [0.717, 1.165) is 19.8 Å². The normalized spacial score (nSPS) is 19.4. The van der Waals surface area contributed by atoms with Crippen molar-refractivity contribution >= 4 is 0 Å². The lowest BCUT2D eigenvalue weighted by molar-refractivity contribution is 0.0829. The molecule has 0 saturated carbocycles. The molecule has 1 aliphatic carbocycles. The van der Waals surface area contributed by atoms with Crippen LogP contribution in [0.1, 0.15) is 17.5 Å². The minimum atomic E-state index is 0.715. The first kappa shape index (κ1) is 12.6. The summed E-state index contributed by atoms with van der Waals surface area (Å²) in [4.78, 5) is 2.16. The fourth-order valence-corrected chi connectivity index (χ4v) is 2.41. The molecule has 0 fully saturated rings. The number of ether oxygens (including phenoxy) is 1. The van der Waals surface area contributed by atoms with Crippen molar-refractivity contribution in [2.24, 2.45) is 5.92 Å². The summed E-state index contributed by atoms with van der Waals surface area (Å²) in [6.07, 6.45) is 3.69. The van der Waals surface area contributed by atoms with Gasteiger partial charge in [0.15, 0.2) is 0 Å². The third-order valence-electron chi connectivity index (χ3n) is 3.49. The number of fused-ring (bicyclic) bond motifs is 1. The van der Waals surface area contributed by atoms with Gasteiger partial charge in [0.05, 0.1) is 6.61 Å². The minimum absolute atomic E-state index is 0.715. The third kappa shape index (κ3) is 3.83. The minimum Gasteiger partial charge on any atom is -0.380 e. The first-order valence-electron chi connectivity index (χ1n) is 6.55. The summed E-state index contributed by atoms with van der Waals surface area (Å²) in [5.41, 5.74) is 3.07. The maximum absolute atomic E-state index is 5.76. The Hall–Kier alpha value is -0.860. The number of benzene rings is 1. The monoisotopic (exact) mass is 233 g/mol. The lowest BCUT2D eigenvalue weighted by Crippen LogP contribution is -2.23. The second kappa shape index (κ2) is 6.18. The molecule has 2 rings (SSSR count). The Morgan fingerprint density at radius 2 is 2.00 bits per heavy atom. The fourth-order valence-electron chi connectivity index (χ4n) is 2.41. The van der Waals surface area contributed by atoms with Crippen LogP contribution in [0, 0.1) is 5.92 Å². The summed E-state index contributed by atoms with van der Waals surface area (Å²) in [5.74, 6) is 0.715. The van der Waals surface area contributed by atoms with Gasteiger partial charge in [0.1, 0.15) is 0 Å². The summed E-state index contributed by atoms with van der Waals surface area (Å²) >= 11 is 0. The highest BCUT2D eigenvalue weighted by atomic mass is 16.5. The molecule has 0 aliphatic heterocycles. The molecule has 0 saturated heterocycles. The fraction of sp³-hybridized carbons (Fsp3) is 0.600. The first-order chi connectivity index (χ1) is 8.25. The van der Waals surface area contributed by atoms with E-state index in [2.05, 4.69) is 43.3 Å². The third-order valence-corrected chi connectivity index (χ3v) is 3.49. The smallest absolute Gasteiger partial charge is 0.0593 e. The zero-order valence-electron chi connectivity index (χ0n) is 11.0. The molecule has 0 heterocycles. The van der Waals surface area contributed by atoms with Crippen LogP contribution in [0.15, 0.2) is 24.3 Å². The van der Waals surface area contributed by atoms with Crippen LogP contribution in [0.25, 0.3) is 0 Å². The van der Waals surface area contributed by atoms with Crippen molar-refractivity contribution in [1.29, 1.82) is 0 Å². The average Bonchev–Trinajstić information content (AvgIpc) is 2.34. The maximum atomic E-state index is 5.76. The van der Waals surface area contributed by atoms with Gasteiger partial charge in [-0.2, -0.15) is 0 Å². The van der Waals surface area contributed by atoms with Gasteiger partial charge >= 0.3 is 0 Å². The highest BCUT2D eigenvalue weighted by molar-refractivity contribution is 5.29. The second-order valence-corrected chi connectivity index (χ2v) is 5.26. The topological polar surface area (TPSA) is 12.5 Å². The van der Waals surface area contributed by atoms with Gasteiger partial charge in [-0.1, -0.05) is 24.3 Å². The van der Waals surface area contributed by atoms with E-state index in [0.29, 0.717) is 5.92 Å². The number of hydrogen-bond donors (Lipinski definition) is 0. The van der Waals surface area contributed by atoms with Gasteiger partial charge in [0, 0.05) is 13.2 Å². The highest BCUT2D eigenvalue weighted by Gasteiger charge is 2.17. The van der Waals surface area contributed by atoms with Crippen LogP contribution in [-0.4, -0.2) is 38.8 Å². The van der Waals surface area contributed by atoms with Gasteiger partial charge < -0.3 is 9.64 Å². The van der Waals surface area contributed by atoms with E-state index in [1.54, 1.807) is 0 Å². The molecular formula is C15H23NO. The Balaban J connectivity index is 1.75. The Morgan fingerprint density at radius 3 is 2.76 bits per heavy atom. The number of likely N-dealkylation sites (N-methyl/N-ethyl adjacent to an activating group) is 1. The van der Waals surface area contributed by atoms with E-state index in [1.165, 1.54) is 30.4 Å². The lowest BCUT2D eigenvalue weighted by atomic mass is 9.84. The molecule has 2 heteroatoms. The Labute approximate surface area is 105 Å². The molecule has 94 valence electrons. The van der Waals surface area contributed by atoms with Gasteiger partial charge in [-0.3, -0.25) is 0 Å². The highest BCUT2D eigenvalue weighted by Crippen LogP contribution is 2.25. The molecule has 1 aromatic carbocycles. The summed E-state index contributed by atoms with van der Waals surface area (Å²) in [7, 11) is 4.17. The van der Waals surface area contributed by atoms with Crippen LogP contribution >= 0.6 is 0 Å². The van der Waals surface area contributed by atoms with Gasteiger partial charge in [-0.05, 0) is 50.4 Å². The van der Waals surface area contributed by atoms with Gasteiger partial charge in [0.2, 0.25) is 0 Å². The van der Waals surface area contributed by atoms with E-state index >= 15 is 0 Å². The maximum Gasteiger partial charge on any atom is 0.0593 e. The van der Waals surface area contributed by atoms with Crippen molar-refractivity contribution in [1.82, 2.24) is 4.90 Å². The zero-order valence-corrected chi connectivity index (χ0v) is 11.0. The largest absolute Gasteiger partial charge is 0.380 e. The average molecular weight is 233 g/mol. The van der Waals surface area contributed by atoms with E-state index in [9.17, 15) is 0 Å². The van der Waals surface area contributed by atoms with Crippen LogP contribution in [0.5, 0.6) is 0 Å². The molecule has 1 aromatic rings. The Bertz CT molecular complexity index is 349. The van der Waals surface area contributed by atoms with E-state index in [1.807, 2.05) is 0 Å². The Kier molecular flexibility index (Phi) is 4.57. The predicted molar refractivity (Wildman–Crippen MR) is 71.3 cm³/mol. The van der Waals surface area contributed by atoms with Crippen molar-refractivity contribution in [3.05, 3.63) is 35.4 Å². The van der Waals surface area contributed by atoms with Gasteiger partial charge in [-0.15, -0.1) is 0 Å². The van der Waals surface area contributed by atoms with Gasteiger partial charge in [0.25, 0.3) is 0 Å². The molecule has 1 unspecified atom stereocenters. The Morgan fingerprint density at radius 1 is 1.24 bits per heavy atom. The molecular weight excluding hydrogens is 210 g/mol. The molecule has 17 heavy (non-hydrogen) atoms.